The van der Waals surface area contributed by atoms with Crippen LogP contribution in [-0.2, 0) is 14.3 Å². The van der Waals surface area contributed by atoms with Crippen molar-refractivity contribution in [3.8, 4) is 5.75 Å². The highest BCUT2D eigenvalue weighted by atomic mass is 16.6. The van der Waals surface area contributed by atoms with Gasteiger partial charge in [-0.05, 0) is 23.8 Å². The SMILES string of the molecule is O=C(C=Cc1ccc(O)cc1)O[C@@H]1C[C@](O)(C(=O)O)C[C@H](O)[C@H]1O. The molecule has 1 aliphatic rings. The standard InChI is InChI=1S/C16H18O8/c17-10-4-1-9(2-5-10)3-6-13(19)24-12-8-16(23,15(21)22)7-11(18)14(12)20/h1-6,11-12,14,17-18,20,23H,7-8H2,(H,21,22)/t11-,12+,14+,16-/m0/s1. The van der Waals surface area contributed by atoms with Crippen LogP contribution in [0.1, 0.15) is 18.4 Å². The summed E-state index contributed by atoms with van der Waals surface area (Å²) in [7, 11) is 0. The van der Waals surface area contributed by atoms with Crippen molar-refractivity contribution in [2.75, 3.05) is 0 Å². The molecule has 0 saturated heterocycles. The lowest BCUT2D eigenvalue weighted by Gasteiger charge is -2.39. The van der Waals surface area contributed by atoms with Crippen molar-refractivity contribution >= 4 is 18.0 Å². The lowest BCUT2D eigenvalue weighted by Crippen LogP contribution is -2.57. The van der Waals surface area contributed by atoms with Gasteiger partial charge in [0.25, 0.3) is 0 Å². The maximum absolute atomic E-state index is 11.8. The molecule has 130 valence electrons. The molecule has 1 saturated carbocycles. The van der Waals surface area contributed by atoms with Gasteiger partial charge in [-0.3, -0.25) is 0 Å². The second-order valence-electron chi connectivity index (χ2n) is 5.70. The van der Waals surface area contributed by atoms with Crippen molar-refractivity contribution in [2.24, 2.45) is 0 Å². The Morgan fingerprint density at radius 1 is 1.17 bits per heavy atom. The fraction of sp³-hybridized carbons (Fsp3) is 0.375. The first-order chi connectivity index (χ1) is 11.2. The number of carbonyl (C=O) groups excluding carboxylic acids is 1. The van der Waals surface area contributed by atoms with Gasteiger partial charge in [-0.15, -0.1) is 0 Å². The van der Waals surface area contributed by atoms with Gasteiger partial charge in [0, 0.05) is 18.9 Å². The van der Waals surface area contributed by atoms with E-state index in [2.05, 4.69) is 0 Å². The van der Waals surface area contributed by atoms with Gasteiger partial charge in [-0.1, -0.05) is 12.1 Å². The van der Waals surface area contributed by atoms with Crippen LogP contribution in [0.3, 0.4) is 0 Å². The summed E-state index contributed by atoms with van der Waals surface area (Å²) < 4.78 is 4.96. The number of carboxylic acid groups (broad SMARTS) is 1. The summed E-state index contributed by atoms with van der Waals surface area (Å²) in [6.45, 7) is 0. The quantitative estimate of drug-likeness (QED) is 0.370. The molecule has 0 aromatic heterocycles. The van der Waals surface area contributed by atoms with E-state index in [1.54, 1.807) is 12.1 Å². The summed E-state index contributed by atoms with van der Waals surface area (Å²) in [5.41, 5.74) is -1.67. The molecule has 0 spiro atoms. The van der Waals surface area contributed by atoms with Gasteiger partial charge >= 0.3 is 11.9 Å². The van der Waals surface area contributed by atoms with Gasteiger partial charge in [0.05, 0.1) is 6.10 Å². The Kier molecular flexibility index (Phi) is 5.23. The number of phenolic OH excluding ortho intramolecular Hbond substituents is 1. The molecule has 0 aliphatic heterocycles. The molecular formula is C16H18O8. The molecule has 0 radical (unpaired) electrons. The van der Waals surface area contributed by atoms with E-state index in [4.69, 9.17) is 14.9 Å². The third kappa shape index (κ3) is 4.10. The zero-order valence-electron chi connectivity index (χ0n) is 12.6. The van der Waals surface area contributed by atoms with E-state index in [9.17, 15) is 24.9 Å². The minimum atomic E-state index is -2.27. The minimum Gasteiger partial charge on any atom is -0.508 e. The number of aliphatic carboxylic acids is 1. The van der Waals surface area contributed by atoms with E-state index in [1.807, 2.05) is 0 Å². The number of aliphatic hydroxyl groups is 3. The third-order valence-electron chi connectivity index (χ3n) is 3.83. The highest BCUT2D eigenvalue weighted by Crippen LogP contribution is 2.31. The summed E-state index contributed by atoms with van der Waals surface area (Å²) in [6, 6.07) is 5.97. The summed E-state index contributed by atoms with van der Waals surface area (Å²) >= 11 is 0. The van der Waals surface area contributed by atoms with Crippen LogP contribution in [0.25, 0.3) is 6.08 Å². The molecule has 1 aromatic carbocycles. The smallest absolute Gasteiger partial charge is 0.335 e. The van der Waals surface area contributed by atoms with E-state index in [1.165, 1.54) is 18.2 Å². The number of hydrogen-bond acceptors (Lipinski definition) is 7. The molecule has 5 N–H and O–H groups in total. The van der Waals surface area contributed by atoms with Crippen LogP contribution in [0.15, 0.2) is 30.3 Å². The Morgan fingerprint density at radius 3 is 2.38 bits per heavy atom. The molecule has 24 heavy (non-hydrogen) atoms. The maximum Gasteiger partial charge on any atom is 0.335 e. The second-order valence-corrected chi connectivity index (χ2v) is 5.70. The van der Waals surface area contributed by atoms with Gasteiger partial charge in [0.1, 0.15) is 18.0 Å². The van der Waals surface area contributed by atoms with Crippen LogP contribution in [0.2, 0.25) is 0 Å². The molecule has 0 unspecified atom stereocenters. The summed E-state index contributed by atoms with van der Waals surface area (Å²) in [4.78, 5) is 22.9. The Labute approximate surface area is 137 Å². The average molecular weight is 338 g/mol. The molecule has 1 fully saturated rings. The fourth-order valence-corrected chi connectivity index (χ4v) is 2.48. The first kappa shape index (κ1) is 17.9. The van der Waals surface area contributed by atoms with Crippen molar-refractivity contribution in [3.05, 3.63) is 35.9 Å². The number of carbonyl (C=O) groups is 2. The topological polar surface area (TPSA) is 145 Å². The van der Waals surface area contributed by atoms with Gasteiger partial charge in [-0.2, -0.15) is 0 Å². The highest BCUT2D eigenvalue weighted by Gasteiger charge is 2.50. The Hall–Kier alpha value is -2.42. The number of benzene rings is 1. The normalized spacial score (nSPS) is 30.2. The van der Waals surface area contributed by atoms with Crippen LogP contribution in [0.5, 0.6) is 5.75 Å². The maximum atomic E-state index is 11.8. The van der Waals surface area contributed by atoms with Crippen molar-refractivity contribution in [1.29, 1.82) is 0 Å². The molecule has 0 amide bonds. The van der Waals surface area contributed by atoms with Crippen molar-refractivity contribution < 1.29 is 39.9 Å². The zero-order chi connectivity index (χ0) is 17.9. The van der Waals surface area contributed by atoms with Gasteiger partial charge < -0.3 is 30.3 Å². The summed E-state index contributed by atoms with van der Waals surface area (Å²) in [5.74, 6) is -2.36. The monoisotopic (exact) mass is 338 g/mol. The molecule has 8 nitrogen and oxygen atoms in total. The van der Waals surface area contributed by atoms with Crippen LogP contribution in [0, 0.1) is 0 Å². The van der Waals surface area contributed by atoms with Crippen molar-refractivity contribution in [2.45, 2.75) is 36.8 Å². The Bertz CT molecular complexity index is 638. The summed E-state index contributed by atoms with van der Waals surface area (Å²) in [6.07, 6.45) is -3.00. The van der Waals surface area contributed by atoms with Crippen LogP contribution >= 0.6 is 0 Å². The first-order valence-corrected chi connectivity index (χ1v) is 7.21. The average Bonchev–Trinajstić information content (AvgIpc) is 2.51. The molecular weight excluding hydrogens is 320 g/mol. The number of esters is 1. The minimum absolute atomic E-state index is 0.0713. The lowest BCUT2D eigenvalue weighted by atomic mass is 9.79. The zero-order valence-corrected chi connectivity index (χ0v) is 12.6. The van der Waals surface area contributed by atoms with E-state index in [0.717, 1.165) is 6.08 Å². The number of aromatic hydroxyl groups is 1. The number of ether oxygens (including phenoxy) is 1. The number of rotatable bonds is 4. The van der Waals surface area contributed by atoms with Crippen LogP contribution in [-0.4, -0.2) is 61.4 Å². The van der Waals surface area contributed by atoms with E-state index in [0.29, 0.717) is 5.56 Å². The lowest BCUT2D eigenvalue weighted by molar-refractivity contribution is -0.196. The second kappa shape index (κ2) is 7.00. The largest absolute Gasteiger partial charge is 0.508 e. The molecule has 1 aliphatic carbocycles. The number of hydrogen-bond donors (Lipinski definition) is 5. The fourth-order valence-electron chi connectivity index (χ4n) is 2.48. The van der Waals surface area contributed by atoms with Gasteiger partial charge in [-0.25, -0.2) is 9.59 Å². The number of carboxylic acids is 1. The molecule has 1 aromatic rings. The van der Waals surface area contributed by atoms with E-state index in [-0.39, 0.29) is 5.75 Å². The number of phenols is 1. The summed E-state index contributed by atoms with van der Waals surface area (Å²) in [5, 5.41) is 47.6. The first-order valence-electron chi connectivity index (χ1n) is 7.21. The van der Waals surface area contributed by atoms with Gasteiger partial charge in [0.2, 0.25) is 0 Å². The van der Waals surface area contributed by atoms with Crippen molar-refractivity contribution in [1.82, 2.24) is 0 Å². The Morgan fingerprint density at radius 2 is 1.79 bits per heavy atom. The predicted octanol–water partition coefficient (Wildman–Crippen LogP) is -0.352. The predicted molar refractivity (Wildman–Crippen MR) is 80.9 cm³/mol. The van der Waals surface area contributed by atoms with E-state index < -0.39 is 48.7 Å². The third-order valence-corrected chi connectivity index (χ3v) is 3.83. The van der Waals surface area contributed by atoms with Crippen LogP contribution < -0.4 is 0 Å². The van der Waals surface area contributed by atoms with Crippen molar-refractivity contribution in [3.63, 3.8) is 0 Å². The molecule has 2 rings (SSSR count). The molecule has 4 atom stereocenters. The molecule has 0 heterocycles. The van der Waals surface area contributed by atoms with E-state index >= 15 is 0 Å². The van der Waals surface area contributed by atoms with Gasteiger partial charge in [0.15, 0.2) is 5.60 Å². The molecule has 8 heteroatoms. The molecule has 0 bridgehead atoms. The number of aliphatic hydroxyl groups excluding tert-OH is 2. The van der Waals surface area contributed by atoms with Crippen LogP contribution in [0.4, 0.5) is 0 Å². The Balaban J connectivity index is 2.03. The highest BCUT2D eigenvalue weighted by molar-refractivity contribution is 5.87.